The van der Waals surface area contributed by atoms with Crippen molar-refractivity contribution in [1.29, 1.82) is 0 Å². The van der Waals surface area contributed by atoms with Crippen LogP contribution in [0.2, 0.25) is 0 Å². The summed E-state index contributed by atoms with van der Waals surface area (Å²) < 4.78 is 10.6. The number of hydrogen-bond donors (Lipinski definition) is 2. The van der Waals surface area contributed by atoms with E-state index in [4.69, 9.17) is 9.47 Å². The topological polar surface area (TPSA) is 58.1 Å². The van der Waals surface area contributed by atoms with Gasteiger partial charge in [-0.25, -0.2) is 0 Å². The van der Waals surface area contributed by atoms with Gasteiger partial charge < -0.3 is 20.1 Å². The van der Waals surface area contributed by atoms with Crippen LogP contribution in [0.5, 0.6) is 11.5 Å². The van der Waals surface area contributed by atoms with Gasteiger partial charge in [0.2, 0.25) is 0 Å². The van der Waals surface area contributed by atoms with E-state index in [9.17, 15) is 0 Å². The molecule has 2 rings (SSSR count). The van der Waals surface area contributed by atoms with Crippen molar-refractivity contribution >= 4 is 5.96 Å². The second-order valence-electron chi connectivity index (χ2n) is 5.90. The van der Waals surface area contributed by atoms with E-state index in [2.05, 4.69) is 27.4 Å². The molecule has 0 radical (unpaired) electrons. The number of ether oxygens (including phenoxy) is 2. The fourth-order valence-corrected chi connectivity index (χ4v) is 2.75. The van der Waals surface area contributed by atoms with Gasteiger partial charge in [-0.3, -0.25) is 9.89 Å². The second kappa shape index (κ2) is 9.37. The Morgan fingerprint density at radius 1 is 1.21 bits per heavy atom. The number of aliphatic imine (C=N–C) groups is 1. The number of rotatable bonds is 9. The third-order valence-electron chi connectivity index (χ3n) is 4.29. The summed E-state index contributed by atoms with van der Waals surface area (Å²) in [5.41, 5.74) is 1.11. The van der Waals surface area contributed by atoms with Crippen molar-refractivity contribution in [3.05, 3.63) is 23.8 Å². The molecule has 0 bridgehead atoms. The Labute approximate surface area is 145 Å². The first kappa shape index (κ1) is 18.4. The molecule has 1 aliphatic rings. The van der Waals surface area contributed by atoms with Gasteiger partial charge in [-0.05, 0) is 37.1 Å². The Kier molecular flexibility index (Phi) is 7.18. The van der Waals surface area contributed by atoms with Gasteiger partial charge in [-0.15, -0.1) is 0 Å². The van der Waals surface area contributed by atoms with Crippen molar-refractivity contribution < 1.29 is 9.47 Å². The van der Waals surface area contributed by atoms with Crippen LogP contribution < -0.4 is 20.1 Å². The molecule has 0 amide bonds. The quantitative estimate of drug-likeness (QED) is 0.533. The fourth-order valence-electron chi connectivity index (χ4n) is 2.75. The summed E-state index contributed by atoms with van der Waals surface area (Å²) in [5, 5.41) is 6.71. The van der Waals surface area contributed by atoms with Gasteiger partial charge in [-0.1, -0.05) is 13.0 Å². The first-order chi connectivity index (χ1) is 11.7. The third kappa shape index (κ3) is 5.30. The van der Waals surface area contributed by atoms with Crippen LogP contribution in [0.25, 0.3) is 0 Å². The van der Waals surface area contributed by atoms with E-state index in [1.807, 2.05) is 18.2 Å². The summed E-state index contributed by atoms with van der Waals surface area (Å²) in [6.07, 6.45) is 2.69. The first-order valence-electron chi connectivity index (χ1n) is 8.61. The smallest absolute Gasteiger partial charge is 0.191 e. The fraction of sp³-hybridized carbons (Fsp3) is 0.611. The summed E-state index contributed by atoms with van der Waals surface area (Å²) in [6.45, 7) is 5.97. The van der Waals surface area contributed by atoms with Crippen molar-refractivity contribution in [1.82, 2.24) is 15.5 Å². The number of methoxy groups -OCH3 is 2. The zero-order chi connectivity index (χ0) is 17.4. The van der Waals surface area contributed by atoms with Crippen molar-refractivity contribution in [3.63, 3.8) is 0 Å². The molecule has 6 nitrogen and oxygen atoms in total. The molecule has 0 unspecified atom stereocenters. The largest absolute Gasteiger partial charge is 0.493 e. The molecular weight excluding hydrogens is 304 g/mol. The predicted octanol–water partition coefficient (Wildman–Crippen LogP) is 1.85. The lowest BCUT2D eigenvalue weighted by atomic mass is 10.2. The van der Waals surface area contributed by atoms with Gasteiger partial charge in [0.25, 0.3) is 0 Å². The number of likely N-dealkylation sites (N-methyl/N-ethyl adjacent to an activating group) is 1. The highest BCUT2D eigenvalue weighted by Crippen LogP contribution is 2.27. The molecule has 0 spiro atoms. The van der Waals surface area contributed by atoms with E-state index in [0.717, 1.165) is 48.7 Å². The molecule has 1 fully saturated rings. The van der Waals surface area contributed by atoms with Crippen molar-refractivity contribution in [2.45, 2.75) is 32.4 Å². The van der Waals surface area contributed by atoms with Crippen LogP contribution >= 0.6 is 0 Å². The summed E-state index contributed by atoms with van der Waals surface area (Å²) in [6, 6.07) is 6.72. The van der Waals surface area contributed by atoms with Crippen LogP contribution in [0.1, 0.15) is 25.3 Å². The molecule has 0 aromatic heterocycles. The van der Waals surface area contributed by atoms with Gasteiger partial charge in [0.05, 0.1) is 14.2 Å². The maximum Gasteiger partial charge on any atom is 0.191 e. The van der Waals surface area contributed by atoms with Gasteiger partial charge in [-0.2, -0.15) is 0 Å². The van der Waals surface area contributed by atoms with Crippen LogP contribution in [0.3, 0.4) is 0 Å². The molecule has 1 aromatic carbocycles. The SMILES string of the molecule is CCN(CCNC(=NC)NCc1ccc(OC)c(OC)c1)C1CC1. The average molecular weight is 334 g/mol. The normalized spacial score (nSPS) is 14.6. The molecule has 1 aliphatic carbocycles. The number of nitrogens with zero attached hydrogens (tertiary/aromatic N) is 2. The number of benzene rings is 1. The minimum absolute atomic E-state index is 0.681. The zero-order valence-corrected chi connectivity index (χ0v) is 15.3. The van der Waals surface area contributed by atoms with E-state index in [1.165, 1.54) is 12.8 Å². The van der Waals surface area contributed by atoms with E-state index < -0.39 is 0 Å². The van der Waals surface area contributed by atoms with Gasteiger partial charge in [0, 0.05) is 32.7 Å². The Morgan fingerprint density at radius 3 is 2.54 bits per heavy atom. The maximum atomic E-state index is 5.34. The zero-order valence-electron chi connectivity index (χ0n) is 15.3. The minimum atomic E-state index is 0.681. The average Bonchev–Trinajstić information content (AvgIpc) is 3.46. The molecule has 1 aromatic rings. The summed E-state index contributed by atoms with van der Waals surface area (Å²) >= 11 is 0. The lowest BCUT2D eigenvalue weighted by molar-refractivity contribution is 0.282. The summed E-state index contributed by atoms with van der Waals surface area (Å²) in [7, 11) is 5.08. The summed E-state index contributed by atoms with van der Waals surface area (Å²) in [5.74, 6) is 2.29. The highest BCUT2D eigenvalue weighted by atomic mass is 16.5. The summed E-state index contributed by atoms with van der Waals surface area (Å²) in [4.78, 5) is 6.80. The molecule has 0 saturated heterocycles. The van der Waals surface area contributed by atoms with E-state index >= 15 is 0 Å². The Morgan fingerprint density at radius 2 is 1.96 bits per heavy atom. The Bertz CT molecular complexity index is 544. The molecule has 6 heteroatoms. The first-order valence-corrected chi connectivity index (χ1v) is 8.61. The number of guanidine groups is 1. The van der Waals surface area contributed by atoms with Crippen molar-refractivity contribution in [2.24, 2.45) is 4.99 Å². The van der Waals surface area contributed by atoms with Gasteiger partial charge in [0.1, 0.15) is 0 Å². The highest BCUT2D eigenvalue weighted by Gasteiger charge is 2.27. The van der Waals surface area contributed by atoms with E-state index in [0.29, 0.717) is 6.54 Å². The van der Waals surface area contributed by atoms with Crippen LogP contribution in [0.15, 0.2) is 23.2 Å². The van der Waals surface area contributed by atoms with Crippen LogP contribution in [-0.2, 0) is 6.54 Å². The molecule has 0 heterocycles. The standard InChI is InChI=1S/C18H30N4O2/c1-5-22(15-7-8-15)11-10-20-18(19-2)21-13-14-6-9-16(23-3)17(12-14)24-4/h6,9,12,15H,5,7-8,10-11,13H2,1-4H3,(H2,19,20,21). The Balaban J connectivity index is 1.78. The minimum Gasteiger partial charge on any atom is -0.493 e. The molecular formula is C18H30N4O2. The lowest BCUT2D eigenvalue weighted by Crippen LogP contribution is -2.41. The number of nitrogens with one attached hydrogen (secondary N) is 2. The van der Waals surface area contributed by atoms with Gasteiger partial charge in [0.15, 0.2) is 17.5 Å². The third-order valence-corrected chi connectivity index (χ3v) is 4.29. The number of hydrogen-bond acceptors (Lipinski definition) is 4. The van der Waals surface area contributed by atoms with Crippen molar-refractivity contribution in [2.75, 3.05) is 40.9 Å². The predicted molar refractivity (Wildman–Crippen MR) is 98.0 cm³/mol. The molecule has 134 valence electrons. The molecule has 1 saturated carbocycles. The molecule has 24 heavy (non-hydrogen) atoms. The van der Waals surface area contributed by atoms with E-state index in [-0.39, 0.29) is 0 Å². The van der Waals surface area contributed by atoms with Crippen LogP contribution in [0, 0.1) is 0 Å². The lowest BCUT2D eigenvalue weighted by Gasteiger charge is -2.20. The monoisotopic (exact) mass is 334 g/mol. The molecule has 2 N–H and O–H groups in total. The maximum absolute atomic E-state index is 5.34. The molecule has 0 aliphatic heterocycles. The van der Waals surface area contributed by atoms with Gasteiger partial charge >= 0.3 is 0 Å². The Hall–Kier alpha value is -1.95. The van der Waals surface area contributed by atoms with Crippen LogP contribution in [-0.4, -0.2) is 57.8 Å². The van der Waals surface area contributed by atoms with Crippen LogP contribution in [0.4, 0.5) is 0 Å². The second-order valence-corrected chi connectivity index (χ2v) is 5.90. The van der Waals surface area contributed by atoms with Crippen molar-refractivity contribution in [3.8, 4) is 11.5 Å². The van der Waals surface area contributed by atoms with E-state index in [1.54, 1.807) is 21.3 Å². The highest BCUT2D eigenvalue weighted by molar-refractivity contribution is 5.79. The molecule has 0 atom stereocenters.